The average molecular weight is 445 g/mol. The Balaban J connectivity index is 1.39. The summed E-state index contributed by atoms with van der Waals surface area (Å²) in [5, 5.41) is 1.27. The molecule has 0 aliphatic carbocycles. The van der Waals surface area contributed by atoms with Crippen molar-refractivity contribution in [1.29, 1.82) is 0 Å². The molecule has 0 saturated heterocycles. The monoisotopic (exact) mass is 444 g/mol. The van der Waals surface area contributed by atoms with Crippen LogP contribution >= 0.6 is 0 Å². The first-order chi connectivity index (χ1) is 16.2. The Hall–Kier alpha value is -3.31. The highest BCUT2D eigenvalue weighted by atomic mass is 19.1. The summed E-state index contributed by atoms with van der Waals surface area (Å²) < 4.78 is 28.0. The van der Waals surface area contributed by atoms with Gasteiger partial charge in [-0.15, -0.1) is 0 Å². The lowest BCUT2D eigenvalue weighted by molar-refractivity contribution is 0.226. The van der Waals surface area contributed by atoms with Crippen molar-refractivity contribution in [1.82, 2.24) is 9.47 Å². The summed E-state index contributed by atoms with van der Waals surface area (Å²) in [6, 6.07) is 26.3. The fourth-order valence-corrected chi connectivity index (χ4v) is 4.87. The zero-order valence-electron chi connectivity index (χ0n) is 18.9. The number of rotatable bonds is 7. The van der Waals surface area contributed by atoms with Crippen LogP contribution in [-0.4, -0.2) is 36.3 Å². The lowest BCUT2D eigenvalue weighted by atomic mass is 10.0. The molecule has 33 heavy (non-hydrogen) atoms. The zero-order valence-corrected chi connectivity index (χ0v) is 18.9. The number of aromatic nitrogens is 1. The van der Waals surface area contributed by atoms with Crippen LogP contribution in [0.15, 0.2) is 78.9 Å². The Morgan fingerprint density at radius 3 is 2.61 bits per heavy atom. The molecule has 0 fully saturated rings. The van der Waals surface area contributed by atoms with Gasteiger partial charge in [0.05, 0.1) is 13.7 Å². The van der Waals surface area contributed by atoms with Gasteiger partial charge in [0.2, 0.25) is 0 Å². The molecule has 0 radical (unpaired) electrons. The van der Waals surface area contributed by atoms with Crippen molar-refractivity contribution in [3.05, 3.63) is 95.9 Å². The summed E-state index contributed by atoms with van der Waals surface area (Å²) in [6.45, 7) is 4.21. The first-order valence-electron chi connectivity index (χ1n) is 11.5. The van der Waals surface area contributed by atoms with Crippen LogP contribution in [-0.2, 0) is 13.1 Å². The molecule has 1 atom stereocenters. The van der Waals surface area contributed by atoms with Gasteiger partial charge in [-0.2, -0.15) is 0 Å². The molecule has 2 heterocycles. The second kappa shape index (κ2) is 9.67. The summed E-state index contributed by atoms with van der Waals surface area (Å²) in [4.78, 5) is 2.52. The third-order valence-electron chi connectivity index (χ3n) is 6.49. The van der Waals surface area contributed by atoms with E-state index in [-0.39, 0.29) is 11.7 Å². The molecule has 1 aromatic heterocycles. The van der Waals surface area contributed by atoms with E-state index in [0.717, 1.165) is 32.6 Å². The van der Waals surface area contributed by atoms with E-state index in [2.05, 4.69) is 70.1 Å². The number of hydrogen-bond acceptors (Lipinski definition) is 3. The zero-order chi connectivity index (χ0) is 22.6. The minimum atomic E-state index is -0.393. The third kappa shape index (κ3) is 4.60. The molecule has 1 unspecified atom stereocenters. The van der Waals surface area contributed by atoms with Crippen molar-refractivity contribution < 1.29 is 13.9 Å². The predicted molar refractivity (Wildman–Crippen MR) is 129 cm³/mol. The van der Waals surface area contributed by atoms with Gasteiger partial charge in [0, 0.05) is 43.3 Å². The van der Waals surface area contributed by atoms with Crippen LogP contribution in [0.1, 0.15) is 23.6 Å². The normalized spacial score (nSPS) is 16.4. The Morgan fingerprint density at radius 1 is 0.939 bits per heavy atom. The van der Waals surface area contributed by atoms with Gasteiger partial charge in [-0.3, -0.25) is 4.90 Å². The highest BCUT2D eigenvalue weighted by Gasteiger charge is 2.25. The minimum Gasteiger partial charge on any atom is -0.493 e. The number of ether oxygens (including phenoxy) is 2. The highest BCUT2D eigenvalue weighted by molar-refractivity contribution is 5.81. The molecule has 5 heteroatoms. The van der Waals surface area contributed by atoms with Crippen LogP contribution in [0.25, 0.3) is 10.9 Å². The van der Waals surface area contributed by atoms with Crippen LogP contribution in [0, 0.1) is 5.82 Å². The van der Waals surface area contributed by atoms with E-state index in [1.54, 1.807) is 12.1 Å². The second-order valence-electron chi connectivity index (χ2n) is 8.61. The maximum atomic E-state index is 14.3. The molecule has 4 nitrogen and oxygen atoms in total. The fourth-order valence-electron chi connectivity index (χ4n) is 4.87. The van der Waals surface area contributed by atoms with Crippen LogP contribution in [0.4, 0.5) is 4.39 Å². The van der Waals surface area contributed by atoms with Gasteiger partial charge < -0.3 is 14.0 Å². The molecule has 1 aliphatic heterocycles. The summed E-state index contributed by atoms with van der Waals surface area (Å²) in [5.41, 5.74) is 3.92. The maximum Gasteiger partial charge on any atom is 0.197 e. The molecule has 0 bridgehead atoms. The lowest BCUT2D eigenvalue weighted by Crippen LogP contribution is -2.28. The van der Waals surface area contributed by atoms with Crippen LogP contribution in [0.5, 0.6) is 11.5 Å². The maximum absolute atomic E-state index is 14.3. The minimum absolute atomic E-state index is 0.190. The number of hydrogen-bond donors (Lipinski definition) is 0. The molecule has 1 aliphatic rings. The van der Waals surface area contributed by atoms with Crippen molar-refractivity contribution in [2.75, 3.05) is 26.8 Å². The Labute approximate surface area is 194 Å². The second-order valence-corrected chi connectivity index (χ2v) is 8.61. The standard InChI is InChI=1S/C28H29FN2O2/c1-32-27-13-7-11-24(29)28(27)33-17-14-23-20-30(19-21-8-3-2-4-9-21)15-16-31-25-12-6-5-10-22(25)18-26(23)31/h2-13,18,23H,14-17,19-20H2,1H3. The van der Waals surface area contributed by atoms with Crippen molar-refractivity contribution in [2.45, 2.75) is 25.4 Å². The van der Waals surface area contributed by atoms with Gasteiger partial charge in [-0.1, -0.05) is 54.6 Å². The van der Waals surface area contributed by atoms with Gasteiger partial charge >= 0.3 is 0 Å². The SMILES string of the molecule is COc1cccc(F)c1OCCC1CN(Cc2ccccc2)CCn2c1cc1ccccc12. The molecular weight excluding hydrogens is 415 g/mol. The Bertz CT molecular complexity index is 1220. The largest absolute Gasteiger partial charge is 0.493 e. The number of fused-ring (bicyclic) bond motifs is 3. The van der Waals surface area contributed by atoms with E-state index in [9.17, 15) is 4.39 Å². The average Bonchev–Trinajstić information content (AvgIpc) is 3.13. The Morgan fingerprint density at radius 2 is 1.76 bits per heavy atom. The molecule has 0 N–H and O–H groups in total. The van der Waals surface area contributed by atoms with Gasteiger partial charge in [-0.05, 0) is 41.6 Å². The highest BCUT2D eigenvalue weighted by Crippen LogP contribution is 2.33. The molecule has 3 aromatic carbocycles. The fraction of sp³-hybridized carbons (Fsp3) is 0.286. The molecule has 170 valence electrons. The molecule has 5 rings (SSSR count). The van der Waals surface area contributed by atoms with Crippen LogP contribution in [0.3, 0.4) is 0 Å². The van der Waals surface area contributed by atoms with E-state index >= 15 is 0 Å². The van der Waals surface area contributed by atoms with E-state index in [4.69, 9.17) is 9.47 Å². The molecule has 0 amide bonds. The third-order valence-corrected chi connectivity index (χ3v) is 6.49. The predicted octanol–water partition coefficient (Wildman–Crippen LogP) is 5.86. The summed E-state index contributed by atoms with van der Waals surface area (Å²) in [7, 11) is 1.53. The summed E-state index contributed by atoms with van der Waals surface area (Å²) >= 11 is 0. The summed E-state index contributed by atoms with van der Waals surface area (Å²) in [6.07, 6.45) is 0.791. The van der Waals surface area contributed by atoms with E-state index in [1.807, 2.05) is 0 Å². The number of para-hydroxylation sites is 2. The van der Waals surface area contributed by atoms with Crippen molar-refractivity contribution >= 4 is 10.9 Å². The van der Waals surface area contributed by atoms with E-state index in [1.165, 1.54) is 35.3 Å². The van der Waals surface area contributed by atoms with Gasteiger partial charge in [0.1, 0.15) is 0 Å². The number of halogens is 1. The summed E-state index contributed by atoms with van der Waals surface area (Å²) in [5.74, 6) is 0.502. The molecule has 4 aromatic rings. The smallest absolute Gasteiger partial charge is 0.197 e. The molecular formula is C28H29FN2O2. The quantitative estimate of drug-likeness (QED) is 0.357. The first kappa shape index (κ1) is 21.5. The lowest BCUT2D eigenvalue weighted by Gasteiger charge is -2.24. The van der Waals surface area contributed by atoms with E-state index in [0.29, 0.717) is 12.4 Å². The van der Waals surface area contributed by atoms with Crippen molar-refractivity contribution in [3.8, 4) is 11.5 Å². The van der Waals surface area contributed by atoms with E-state index < -0.39 is 5.82 Å². The van der Waals surface area contributed by atoms with Crippen LogP contribution < -0.4 is 9.47 Å². The molecule has 0 spiro atoms. The van der Waals surface area contributed by atoms with Gasteiger partial charge in [-0.25, -0.2) is 4.39 Å². The van der Waals surface area contributed by atoms with Gasteiger partial charge in [0.25, 0.3) is 0 Å². The number of nitrogens with zero attached hydrogens (tertiary/aromatic N) is 2. The van der Waals surface area contributed by atoms with Crippen molar-refractivity contribution in [2.24, 2.45) is 0 Å². The number of methoxy groups -OCH3 is 1. The van der Waals surface area contributed by atoms with Crippen molar-refractivity contribution in [3.63, 3.8) is 0 Å². The first-order valence-corrected chi connectivity index (χ1v) is 11.5. The topological polar surface area (TPSA) is 26.6 Å². The number of benzene rings is 3. The Kier molecular flexibility index (Phi) is 6.31. The van der Waals surface area contributed by atoms with Gasteiger partial charge in [0.15, 0.2) is 17.3 Å². The molecule has 0 saturated carbocycles. The van der Waals surface area contributed by atoms with Crippen LogP contribution in [0.2, 0.25) is 0 Å².